The third kappa shape index (κ3) is 5.59. The third-order valence-corrected chi connectivity index (χ3v) is 12.3. The summed E-state index contributed by atoms with van der Waals surface area (Å²) >= 11 is 0. The molecule has 0 unspecified atom stereocenters. The third-order valence-electron chi connectivity index (χ3n) is 12.3. The van der Waals surface area contributed by atoms with Crippen LogP contribution in [0.4, 0.5) is 17.1 Å². The molecular weight excluding hydrogens is 739 g/mol. The van der Waals surface area contributed by atoms with Gasteiger partial charge in [0.05, 0.1) is 16.7 Å². The van der Waals surface area contributed by atoms with Gasteiger partial charge in [-0.25, -0.2) is 0 Å². The van der Waals surface area contributed by atoms with Gasteiger partial charge in [-0.1, -0.05) is 152 Å². The molecule has 3 nitrogen and oxygen atoms in total. The molecule has 0 N–H and O–H groups in total. The van der Waals surface area contributed by atoms with Crippen molar-refractivity contribution in [2.24, 2.45) is 0 Å². The number of fused-ring (bicyclic) bond motifs is 7. The van der Waals surface area contributed by atoms with Crippen LogP contribution < -0.4 is 4.90 Å². The molecule has 0 spiro atoms. The van der Waals surface area contributed by atoms with Crippen molar-refractivity contribution in [3.63, 3.8) is 0 Å². The molecule has 0 aliphatic rings. The van der Waals surface area contributed by atoms with Crippen LogP contribution in [0.5, 0.6) is 0 Å². The van der Waals surface area contributed by atoms with E-state index in [1.165, 1.54) is 65.3 Å². The van der Waals surface area contributed by atoms with Gasteiger partial charge in [-0.05, 0) is 126 Å². The zero-order valence-electron chi connectivity index (χ0n) is 33.2. The summed E-state index contributed by atoms with van der Waals surface area (Å²) in [5.74, 6) is 0. The highest BCUT2D eigenvalue weighted by Gasteiger charge is 2.26. The Morgan fingerprint density at radius 1 is 0.279 bits per heavy atom. The number of aromatic nitrogens is 2. The van der Waals surface area contributed by atoms with Gasteiger partial charge >= 0.3 is 0 Å². The lowest BCUT2D eigenvalue weighted by Gasteiger charge is -2.31. The summed E-state index contributed by atoms with van der Waals surface area (Å²) in [7, 11) is 0. The van der Waals surface area contributed by atoms with Gasteiger partial charge in [0.25, 0.3) is 0 Å². The number of rotatable bonds is 6. The molecule has 2 heterocycles. The molecule has 0 aliphatic heterocycles. The van der Waals surface area contributed by atoms with Gasteiger partial charge in [0, 0.05) is 45.5 Å². The quantitative estimate of drug-likeness (QED) is 0.124. The van der Waals surface area contributed by atoms with Crippen LogP contribution in [0.15, 0.2) is 225 Å². The highest BCUT2D eigenvalue weighted by molar-refractivity contribution is 6.31. The fraction of sp³-hybridized carbons (Fsp3) is 0. The van der Waals surface area contributed by atoms with Gasteiger partial charge in [-0.3, -0.25) is 9.97 Å². The van der Waals surface area contributed by atoms with Crippen LogP contribution in [0.25, 0.3) is 98.3 Å². The largest absolute Gasteiger partial charge is 0.309 e. The van der Waals surface area contributed by atoms with Gasteiger partial charge in [-0.2, -0.15) is 0 Å². The highest BCUT2D eigenvalue weighted by atomic mass is 15.1. The summed E-state index contributed by atoms with van der Waals surface area (Å²) < 4.78 is 0. The van der Waals surface area contributed by atoms with E-state index in [2.05, 4.69) is 217 Å². The lowest BCUT2D eigenvalue weighted by atomic mass is 9.81. The lowest BCUT2D eigenvalue weighted by molar-refractivity contribution is 1.30. The Kier molecular flexibility index (Phi) is 8.17. The molecule has 0 saturated carbocycles. The van der Waals surface area contributed by atoms with E-state index in [1.54, 1.807) is 0 Å². The maximum absolute atomic E-state index is 4.84. The zero-order valence-corrected chi connectivity index (χ0v) is 33.2. The second-order valence-corrected chi connectivity index (χ2v) is 15.6. The predicted molar refractivity (Wildman–Crippen MR) is 258 cm³/mol. The molecule has 0 fully saturated rings. The minimum Gasteiger partial charge on any atom is -0.309 e. The first-order valence-corrected chi connectivity index (χ1v) is 20.8. The lowest BCUT2D eigenvalue weighted by Crippen LogP contribution is -2.12. The number of hydrogen-bond acceptors (Lipinski definition) is 3. The Balaban J connectivity index is 1.34. The number of hydrogen-bond donors (Lipinski definition) is 0. The molecule has 61 heavy (non-hydrogen) atoms. The first-order chi connectivity index (χ1) is 30.3. The van der Waals surface area contributed by atoms with Crippen molar-refractivity contribution in [3.05, 3.63) is 225 Å². The van der Waals surface area contributed by atoms with Crippen molar-refractivity contribution in [1.82, 2.24) is 9.97 Å². The molecule has 3 heteroatoms. The van der Waals surface area contributed by atoms with E-state index in [0.29, 0.717) is 0 Å². The van der Waals surface area contributed by atoms with Crippen LogP contribution in [0.1, 0.15) is 0 Å². The molecule has 0 aliphatic carbocycles. The van der Waals surface area contributed by atoms with Crippen molar-refractivity contribution in [2.45, 2.75) is 0 Å². The van der Waals surface area contributed by atoms with E-state index >= 15 is 0 Å². The second kappa shape index (κ2) is 14.3. The normalized spacial score (nSPS) is 11.6. The first kappa shape index (κ1) is 34.9. The Labute approximate surface area is 353 Å². The molecule has 12 aromatic rings. The van der Waals surface area contributed by atoms with Crippen molar-refractivity contribution in [2.75, 3.05) is 4.90 Å². The first-order valence-electron chi connectivity index (χ1n) is 20.8. The van der Waals surface area contributed by atoms with E-state index < -0.39 is 0 Å². The minimum absolute atomic E-state index is 0.974. The summed E-state index contributed by atoms with van der Waals surface area (Å²) in [5, 5.41) is 11.8. The van der Waals surface area contributed by atoms with Crippen molar-refractivity contribution >= 4 is 82.0 Å². The SMILES string of the molecule is c1ccc(-c2c(N(c3ccccc3)c3ccccc3)c3ccccc3c3cc4c(-c5cccc6ncccc56)c5ccccc5c(-c5cccc6ncccc56)c4cc23)cc1. The number of para-hydroxylation sites is 2. The monoisotopic (exact) mass is 775 g/mol. The van der Waals surface area contributed by atoms with Gasteiger partial charge in [-0.15, -0.1) is 0 Å². The summed E-state index contributed by atoms with van der Waals surface area (Å²) in [6.45, 7) is 0. The number of pyridine rings is 2. The van der Waals surface area contributed by atoms with Gasteiger partial charge in [0.2, 0.25) is 0 Å². The van der Waals surface area contributed by atoms with E-state index in [1.807, 2.05) is 12.4 Å². The van der Waals surface area contributed by atoms with E-state index in [4.69, 9.17) is 9.97 Å². The molecule has 2 aromatic heterocycles. The fourth-order valence-electron chi connectivity index (χ4n) is 9.75. The van der Waals surface area contributed by atoms with Crippen LogP contribution in [0.3, 0.4) is 0 Å². The van der Waals surface area contributed by atoms with Crippen LogP contribution in [-0.2, 0) is 0 Å². The summed E-state index contributed by atoms with van der Waals surface area (Å²) in [6.07, 6.45) is 3.77. The van der Waals surface area contributed by atoms with Crippen molar-refractivity contribution in [1.29, 1.82) is 0 Å². The second-order valence-electron chi connectivity index (χ2n) is 15.6. The van der Waals surface area contributed by atoms with Gasteiger partial charge < -0.3 is 4.90 Å². The topological polar surface area (TPSA) is 29.0 Å². The van der Waals surface area contributed by atoms with E-state index in [-0.39, 0.29) is 0 Å². The van der Waals surface area contributed by atoms with E-state index in [9.17, 15) is 0 Å². The smallest absolute Gasteiger partial charge is 0.0708 e. The van der Waals surface area contributed by atoms with Crippen LogP contribution in [-0.4, -0.2) is 9.97 Å². The highest BCUT2D eigenvalue weighted by Crippen LogP contribution is 2.53. The average Bonchev–Trinajstić information content (AvgIpc) is 3.33. The standard InChI is InChI=1S/C58H37N3/c1-4-18-38(19-5-1)55-50-37-52-51(36-49(50)41-24-10-13-27-48(41)58(55)61(39-20-6-2-7-21-39)40-22-8-3-9-23-40)56(44-28-14-32-53-42(44)30-16-34-59-53)46-25-11-12-26-47(46)57(52)45-29-15-33-54-43(45)31-17-35-60-54/h1-37H. The molecule has 0 bridgehead atoms. The molecule has 10 aromatic carbocycles. The summed E-state index contributed by atoms with van der Waals surface area (Å²) in [4.78, 5) is 12.1. The van der Waals surface area contributed by atoms with Crippen LogP contribution >= 0.6 is 0 Å². The van der Waals surface area contributed by atoms with Gasteiger partial charge in [0.15, 0.2) is 0 Å². The van der Waals surface area contributed by atoms with E-state index in [0.717, 1.165) is 50.0 Å². The Hall–Kier alpha value is -8.14. The summed E-state index contributed by atoms with van der Waals surface area (Å²) in [6, 6.07) is 77.0. The Bertz CT molecular complexity index is 3590. The number of nitrogens with zero attached hydrogens (tertiary/aromatic N) is 3. The number of benzene rings is 10. The Morgan fingerprint density at radius 3 is 1.25 bits per heavy atom. The molecule has 0 radical (unpaired) electrons. The maximum Gasteiger partial charge on any atom is 0.0708 e. The van der Waals surface area contributed by atoms with Crippen molar-refractivity contribution in [3.8, 4) is 33.4 Å². The molecular formula is C58H37N3. The Morgan fingerprint density at radius 2 is 0.705 bits per heavy atom. The fourth-order valence-corrected chi connectivity index (χ4v) is 9.75. The van der Waals surface area contributed by atoms with Crippen molar-refractivity contribution < 1.29 is 0 Å². The zero-order chi connectivity index (χ0) is 40.3. The minimum atomic E-state index is 0.974. The number of anilines is 3. The molecule has 284 valence electrons. The molecule has 0 atom stereocenters. The van der Waals surface area contributed by atoms with Crippen LogP contribution in [0.2, 0.25) is 0 Å². The predicted octanol–water partition coefficient (Wildman–Crippen LogP) is 15.9. The van der Waals surface area contributed by atoms with Crippen LogP contribution in [0, 0.1) is 0 Å². The average molecular weight is 776 g/mol. The van der Waals surface area contributed by atoms with Gasteiger partial charge in [0.1, 0.15) is 0 Å². The molecule has 0 saturated heterocycles. The maximum atomic E-state index is 4.84. The summed E-state index contributed by atoms with van der Waals surface area (Å²) in [5.41, 5.74) is 12.4. The molecule has 0 amide bonds. The molecule has 12 rings (SSSR count).